The molecule has 0 aromatic heterocycles. The predicted octanol–water partition coefficient (Wildman–Crippen LogP) is 10.6. The molecular weight excluding hydrogens is 645 g/mol. The van der Waals surface area contributed by atoms with Crippen LogP contribution in [0.1, 0.15) is 131 Å². The van der Waals surface area contributed by atoms with Gasteiger partial charge in [0, 0.05) is 42.7 Å². The van der Waals surface area contributed by atoms with E-state index in [1.807, 2.05) is 88.4 Å². The van der Waals surface area contributed by atoms with Gasteiger partial charge < -0.3 is 25.5 Å². The normalized spacial score (nSPS) is 14.0. The number of aromatic hydroxyl groups is 5. The van der Waals surface area contributed by atoms with Gasteiger partial charge in [-0.15, -0.1) is 0 Å². The molecule has 0 heterocycles. The fraction of sp³-hybridized carbons (Fsp3) is 0.362. The first kappa shape index (κ1) is 36.9. The van der Waals surface area contributed by atoms with Crippen molar-refractivity contribution in [1.29, 1.82) is 0 Å². The maximum absolute atomic E-state index is 12.1. The van der Waals surface area contributed by atoms with Crippen molar-refractivity contribution in [3.8, 4) is 28.7 Å². The quantitative estimate of drug-likeness (QED) is 0.111. The van der Waals surface area contributed by atoms with Gasteiger partial charge in [-0.1, -0.05) is 124 Å². The number of phenols is 5. The summed E-state index contributed by atoms with van der Waals surface area (Å²) in [6, 6.07) is 19.8. The van der Waals surface area contributed by atoms with Gasteiger partial charge in [-0.3, -0.25) is 0 Å². The molecule has 5 heteroatoms. The lowest BCUT2D eigenvalue weighted by Crippen LogP contribution is -2.21. The van der Waals surface area contributed by atoms with E-state index in [0.29, 0.717) is 81.3 Å². The van der Waals surface area contributed by atoms with Crippen LogP contribution in [0.3, 0.4) is 0 Å². The molecule has 1 aliphatic carbocycles. The molecule has 5 aromatic carbocycles. The van der Waals surface area contributed by atoms with Crippen LogP contribution in [-0.2, 0) is 31.1 Å². The molecule has 52 heavy (non-hydrogen) atoms. The number of fused-ring (bicyclic) bond motifs is 10. The van der Waals surface area contributed by atoms with Crippen molar-refractivity contribution < 1.29 is 25.5 Å². The summed E-state index contributed by atoms with van der Waals surface area (Å²) in [5, 5.41) is 59.8. The van der Waals surface area contributed by atoms with E-state index < -0.39 is 5.41 Å². The van der Waals surface area contributed by atoms with Gasteiger partial charge in [0.2, 0.25) is 0 Å². The van der Waals surface area contributed by atoms with Crippen molar-refractivity contribution in [2.45, 2.75) is 106 Å². The molecule has 0 spiro atoms. The highest BCUT2D eigenvalue weighted by atomic mass is 16.3. The highest BCUT2D eigenvalue weighted by Gasteiger charge is 2.34. The fourth-order valence-electron chi connectivity index (χ4n) is 8.27. The molecule has 0 saturated carbocycles. The average molecular weight is 699 g/mol. The van der Waals surface area contributed by atoms with Gasteiger partial charge in [0.25, 0.3) is 0 Å². The number of aryl methyl sites for hydroxylation is 4. The zero-order chi connectivity index (χ0) is 38.0. The molecule has 0 fully saturated rings. The van der Waals surface area contributed by atoms with Crippen LogP contribution < -0.4 is 0 Å². The van der Waals surface area contributed by atoms with Crippen LogP contribution in [-0.4, -0.2) is 25.5 Å². The Morgan fingerprint density at radius 1 is 0.385 bits per heavy atom. The maximum atomic E-state index is 12.1. The minimum absolute atomic E-state index is 0.138. The Hall–Kier alpha value is -4.90. The van der Waals surface area contributed by atoms with Crippen molar-refractivity contribution in [3.05, 3.63) is 144 Å². The van der Waals surface area contributed by atoms with E-state index in [1.165, 1.54) is 0 Å². The first-order valence-electron chi connectivity index (χ1n) is 18.3. The van der Waals surface area contributed by atoms with Crippen LogP contribution in [0.2, 0.25) is 0 Å². The molecular formula is C47H54O5. The fourth-order valence-corrected chi connectivity index (χ4v) is 8.27. The summed E-state index contributed by atoms with van der Waals surface area (Å²) in [5.41, 5.74) is 11.2. The van der Waals surface area contributed by atoms with E-state index in [4.69, 9.17) is 0 Å². The van der Waals surface area contributed by atoms with Crippen LogP contribution in [0.15, 0.2) is 60.7 Å². The maximum Gasteiger partial charge on any atom is 0.122 e. The molecule has 6 rings (SSSR count). The Morgan fingerprint density at radius 3 is 0.904 bits per heavy atom. The number of phenolic OH excluding ortho intramolecular Hbond substituents is 5. The number of hydrogen-bond acceptors (Lipinski definition) is 5. The molecule has 10 bridgehead atoms. The summed E-state index contributed by atoms with van der Waals surface area (Å²) in [4.78, 5) is 0. The number of hydrogen-bond donors (Lipinski definition) is 5. The van der Waals surface area contributed by atoms with Crippen LogP contribution in [0.25, 0.3) is 0 Å². The topological polar surface area (TPSA) is 101 Å². The van der Waals surface area contributed by atoms with Crippen molar-refractivity contribution in [2.24, 2.45) is 5.41 Å². The lowest BCUT2D eigenvalue weighted by atomic mass is 9.70. The van der Waals surface area contributed by atoms with Crippen molar-refractivity contribution in [3.63, 3.8) is 0 Å². The first-order chi connectivity index (χ1) is 24.2. The molecule has 0 unspecified atom stereocenters. The summed E-state index contributed by atoms with van der Waals surface area (Å²) >= 11 is 0. The highest BCUT2D eigenvalue weighted by Crippen LogP contribution is 2.50. The molecule has 272 valence electrons. The number of benzene rings is 5. The third kappa shape index (κ3) is 7.11. The Morgan fingerprint density at radius 2 is 0.635 bits per heavy atom. The van der Waals surface area contributed by atoms with Crippen molar-refractivity contribution in [1.82, 2.24) is 0 Å². The molecule has 1 aliphatic rings. The second-order valence-electron chi connectivity index (χ2n) is 17.5. The summed E-state index contributed by atoms with van der Waals surface area (Å²) in [6.45, 7) is 20.8. The summed E-state index contributed by atoms with van der Waals surface area (Å²) in [5.74, 6) is 0.334. The highest BCUT2D eigenvalue weighted by molar-refractivity contribution is 5.60. The second-order valence-corrected chi connectivity index (χ2v) is 17.5. The minimum atomic E-state index is -0.403. The Kier molecular flexibility index (Phi) is 9.40. The molecule has 5 nitrogen and oxygen atoms in total. The second kappa shape index (κ2) is 13.3. The van der Waals surface area contributed by atoms with Gasteiger partial charge in [0.15, 0.2) is 0 Å². The van der Waals surface area contributed by atoms with E-state index in [9.17, 15) is 25.5 Å². The molecule has 5 N–H and O–H groups in total. The zero-order valence-corrected chi connectivity index (χ0v) is 32.4. The molecule has 0 atom stereocenters. The van der Waals surface area contributed by atoms with Gasteiger partial charge in [0.1, 0.15) is 28.7 Å². The van der Waals surface area contributed by atoms with E-state index in [-0.39, 0.29) is 40.1 Å². The third-order valence-corrected chi connectivity index (χ3v) is 10.7. The minimum Gasteiger partial charge on any atom is -0.507 e. The van der Waals surface area contributed by atoms with E-state index in [2.05, 4.69) is 41.5 Å². The first-order valence-corrected chi connectivity index (χ1v) is 18.3. The zero-order valence-electron chi connectivity index (χ0n) is 32.4. The lowest BCUT2D eigenvalue weighted by Gasteiger charge is -2.34. The van der Waals surface area contributed by atoms with E-state index in [0.717, 1.165) is 27.8 Å². The van der Waals surface area contributed by atoms with Crippen LogP contribution >= 0.6 is 0 Å². The monoisotopic (exact) mass is 698 g/mol. The number of rotatable bonds is 0. The van der Waals surface area contributed by atoms with E-state index in [1.54, 1.807) is 0 Å². The smallest absolute Gasteiger partial charge is 0.122 e. The molecule has 0 radical (unpaired) electrons. The third-order valence-electron chi connectivity index (χ3n) is 10.7. The summed E-state index contributed by atoms with van der Waals surface area (Å²) in [7, 11) is 0. The Bertz CT molecular complexity index is 2070. The molecule has 0 aliphatic heterocycles. The lowest BCUT2D eigenvalue weighted by molar-refractivity contribution is 0.336. The van der Waals surface area contributed by atoms with Crippen LogP contribution in [0.4, 0.5) is 0 Å². The summed E-state index contributed by atoms with van der Waals surface area (Å²) < 4.78 is 0. The van der Waals surface area contributed by atoms with Crippen LogP contribution in [0, 0.1) is 33.1 Å². The van der Waals surface area contributed by atoms with Crippen molar-refractivity contribution >= 4 is 0 Å². The standard InChI is InChI=1S/C47H54O5/c1-25-11-29-19-33-15-27(3)17-38(44(33)51)40(47(8,9)10)39-18-28(4)16-34(45(39)52)20-30-12-26(2)14-32(42(30)49)22-36-24-37(46(5,6)7)23-35(43(36)50)21-31(13-25)41(29)48/h11-18,23-24,40,48-52H,19-22H2,1-10H3. The molecule has 0 amide bonds. The Balaban J connectivity index is 1.68. The summed E-state index contributed by atoms with van der Waals surface area (Å²) in [6.07, 6.45) is 1.21. The van der Waals surface area contributed by atoms with Crippen molar-refractivity contribution in [2.75, 3.05) is 0 Å². The SMILES string of the molecule is Cc1cc2c(O)c(c1)Cc1cc(C)cc(c1O)C(C(C)(C)C)c1cc(C)cc(c1O)Cc1cc(C)cc(c1O)Cc1cc(C(C)(C)C)cc(c1O)C2. The molecule has 0 saturated heterocycles. The van der Waals surface area contributed by atoms with Gasteiger partial charge >= 0.3 is 0 Å². The Labute approximate surface area is 309 Å². The predicted molar refractivity (Wildman–Crippen MR) is 211 cm³/mol. The van der Waals surface area contributed by atoms with Crippen LogP contribution in [0.5, 0.6) is 28.7 Å². The van der Waals surface area contributed by atoms with Gasteiger partial charge in [-0.05, 0) is 88.6 Å². The average Bonchev–Trinajstić information content (AvgIpc) is 3.02. The molecule has 5 aromatic rings. The van der Waals surface area contributed by atoms with Gasteiger partial charge in [-0.2, -0.15) is 0 Å². The van der Waals surface area contributed by atoms with E-state index >= 15 is 0 Å². The largest absolute Gasteiger partial charge is 0.507 e. The van der Waals surface area contributed by atoms with Gasteiger partial charge in [0.05, 0.1) is 0 Å². The van der Waals surface area contributed by atoms with Gasteiger partial charge in [-0.25, -0.2) is 0 Å².